The summed E-state index contributed by atoms with van der Waals surface area (Å²) < 4.78 is 5.62. The van der Waals surface area contributed by atoms with E-state index in [1.165, 1.54) is 6.20 Å². The van der Waals surface area contributed by atoms with E-state index in [4.69, 9.17) is 15.9 Å². The Hall–Kier alpha value is -2.67. The molecule has 0 amide bonds. The molecule has 2 aromatic rings. The third-order valence-electron chi connectivity index (χ3n) is 4.77. The van der Waals surface area contributed by atoms with Gasteiger partial charge in [-0.05, 0) is 39.8 Å². The lowest BCUT2D eigenvalue weighted by molar-refractivity contribution is 0.00439. The predicted molar refractivity (Wildman–Crippen MR) is 107 cm³/mol. The first-order valence-electron chi connectivity index (χ1n) is 9.10. The molecule has 2 aromatic heterocycles. The van der Waals surface area contributed by atoms with Crippen molar-refractivity contribution in [3.63, 3.8) is 0 Å². The van der Waals surface area contributed by atoms with Crippen molar-refractivity contribution in [3.05, 3.63) is 41.7 Å². The third-order valence-corrected chi connectivity index (χ3v) is 4.77. The van der Waals surface area contributed by atoms with Crippen LogP contribution in [0, 0.1) is 11.3 Å². The lowest BCUT2D eigenvalue weighted by atomic mass is 9.84. The summed E-state index contributed by atoms with van der Waals surface area (Å²) in [7, 11) is 0. The third kappa shape index (κ3) is 4.19. The molecular formula is C20H27N5O2. The fourth-order valence-corrected chi connectivity index (χ4v) is 2.98. The number of aromatic nitrogens is 2. The van der Waals surface area contributed by atoms with Gasteiger partial charge in [-0.15, -0.1) is 0 Å². The Kier molecular flexibility index (Phi) is 5.06. The van der Waals surface area contributed by atoms with E-state index in [1.54, 1.807) is 18.3 Å². The maximum absolute atomic E-state index is 10.1. The maximum atomic E-state index is 10.1. The molecule has 3 heterocycles. The van der Waals surface area contributed by atoms with Crippen LogP contribution in [-0.4, -0.2) is 45.6 Å². The Morgan fingerprint density at radius 3 is 2.67 bits per heavy atom. The minimum Gasteiger partial charge on any atom is -0.475 e. The van der Waals surface area contributed by atoms with Gasteiger partial charge in [0.1, 0.15) is 5.82 Å². The molecule has 0 unspecified atom stereocenters. The second-order valence-corrected chi connectivity index (χ2v) is 7.81. The van der Waals surface area contributed by atoms with Crippen molar-refractivity contribution in [1.29, 1.82) is 5.41 Å². The van der Waals surface area contributed by atoms with E-state index < -0.39 is 5.60 Å². The first-order valence-corrected chi connectivity index (χ1v) is 9.10. The second-order valence-electron chi connectivity index (χ2n) is 7.81. The molecule has 4 N–H and O–H groups in total. The van der Waals surface area contributed by atoms with Gasteiger partial charge in [-0.25, -0.2) is 9.97 Å². The molecule has 0 aliphatic carbocycles. The fourth-order valence-electron chi connectivity index (χ4n) is 2.98. The monoisotopic (exact) mass is 369 g/mol. The van der Waals surface area contributed by atoms with Gasteiger partial charge in [-0.1, -0.05) is 0 Å². The minimum absolute atomic E-state index is 0.00850. The van der Waals surface area contributed by atoms with Gasteiger partial charge >= 0.3 is 0 Å². The SMILES string of the molecule is CC(C)Oc1cc(C(=N)c2ccnc(N3CC(C(C)(C)O)C3)c2)c(N)cn1. The van der Waals surface area contributed by atoms with Crippen LogP contribution in [0.15, 0.2) is 30.6 Å². The second kappa shape index (κ2) is 7.15. The van der Waals surface area contributed by atoms with Crippen molar-refractivity contribution < 1.29 is 9.84 Å². The zero-order valence-corrected chi connectivity index (χ0v) is 16.2. The lowest BCUT2D eigenvalue weighted by Gasteiger charge is -2.45. The average molecular weight is 369 g/mol. The Morgan fingerprint density at radius 1 is 1.33 bits per heavy atom. The number of pyridine rings is 2. The number of nitrogens with two attached hydrogens (primary N) is 1. The van der Waals surface area contributed by atoms with Gasteiger partial charge in [0.15, 0.2) is 0 Å². The first kappa shape index (κ1) is 19.1. The van der Waals surface area contributed by atoms with Gasteiger partial charge in [0.05, 0.1) is 29.3 Å². The molecule has 0 spiro atoms. The quantitative estimate of drug-likeness (QED) is 0.675. The van der Waals surface area contributed by atoms with Crippen LogP contribution in [0.1, 0.15) is 38.8 Å². The van der Waals surface area contributed by atoms with Crippen molar-refractivity contribution in [2.45, 2.75) is 39.4 Å². The zero-order valence-electron chi connectivity index (χ0n) is 16.2. The molecule has 0 bridgehead atoms. The van der Waals surface area contributed by atoms with Crippen LogP contribution in [0.4, 0.5) is 11.5 Å². The van der Waals surface area contributed by atoms with E-state index in [-0.39, 0.29) is 12.0 Å². The van der Waals surface area contributed by atoms with Crippen molar-refractivity contribution in [1.82, 2.24) is 9.97 Å². The van der Waals surface area contributed by atoms with Gasteiger partial charge in [0, 0.05) is 42.4 Å². The Labute approximate surface area is 159 Å². The number of nitrogen functional groups attached to an aromatic ring is 1. The smallest absolute Gasteiger partial charge is 0.214 e. The molecular weight excluding hydrogens is 342 g/mol. The molecule has 0 saturated carbocycles. The molecule has 1 fully saturated rings. The molecule has 27 heavy (non-hydrogen) atoms. The molecule has 3 rings (SSSR count). The van der Waals surface area contributed by atoms with Crippen LogP contribution >= 0.6 is 0 Å². The van der Waals surface area contributed by atoms with Crippen LogP contribution in [0.25, 0.3) is 0 Å². The number of hydrogen-bond donors (Lipinski definition) is 3. The molecule has 0 radical (unpaired) electrons. The highest BCUT2D eigenvalue weighted by atomic mass is 16.5. The summed E-state index contributed by atoms with van der Waals surface area (Å²) in [5.41, 5.74) is 7.38. The van der Waals surface area contributed by atoms with E-state index >= 15 is 0 Å². The van der Waals surface area contributed by atoms with E-state index in [2.05, 4.69) is 14.9 Å². The fraction of sp³-hybridized carbons (Fsp3) is 0.450. The van der Waals surface area contributed by atoms with Crippen molar-refractivity contribution >= 4 is 17.2 Å². The number of nitrogens with one attached hydrogen (secondary N) is 1. The van der Waals surface area contributed by atoms with Crippen LogP contribution in [-0.2, 0) is 0 Å². The lowest BCUT2D eigenvalue weighted by Crippen LogP contribution is -2.56. The summed E-state index contributed by atoms with van der Waals surface area (Å²) >= 11 is 0. The molecule has 7 nitrogen and oxygen atoms in total. The van der Waals surface area contributed by atoms with E-state index in [0.29, 0.717) is 22.8 Å². The molecule has 1 saturated heterocycles. The Morgan fingerprint density at radius 2 is 2.04 bits per heavy atom. The van der Waals surface area contributed by atoms with Gasteiger partial charge < -0.3 is 20.5 Å². The number of ether oxygens (including phenoxy) is 1. The van der Waals surface area contributed by atoms with Gasteiger partial charge in [-0.3, -0.25) is 5.41 Å². The van der Waals surface area contributed by atoms with Crippen LogP contribution in [0.2, 0.25) is 0 Å². The van der Waals surface area contributed by atoms with Gasteiger partial charge in [-0.2, -0.15) is 0 Å². The van der Waals surface area contributed by atoms with Crippen molar-refractivity contribution in [2.75, 3.05) is 23.7 Å². The summed E-state index contributed by atoms with van der Waals surface area (Å²) in [5, 5.41) is 18.7. The maximum Gasteiger partial charge on any atom is 0.214 e. The number of nitrogens with zero attached hydrogens (tertiary/aromatic N) is 3. The summed E-state index contributed by atoms with van der Waals surface area (Å²) in [6, 6.07) is 5.37. The van der Waals surface area contributed by atoms with E-state index in [9.17, 15) is 5.11 Å². The Bertz CT molecular complexity index is 839. The van der Waals surface area contributed by atoms with E-state index in [0.717, 1.165) is 24.5 Å². The molecule has 1 aliphatic rings. The highest BCUT2D eigenvalue weighted by Crippen LogP contribution is 2.31. The molecule has 144 valence electrons. The largest absolute Gasteiger partial charge is 0.475 e. The van der Waals surface area contributed by atoms with Crippen LogP contribution < -0.4 is 15.4 Å². The number of aliphatic hydroxyl groups is 1. The summed E-state index contributed by atoms with van der Waals surface area (Å²) in [6.07, 6.45) is 3.21. The zero-order chi connectivity index (χ0) is 19.8. The minimum atomic E-state index is -0.695. The number of rotatable bonds is 6. The molecule has 0 atom stereocenters. The van der Waals surface area contributed by atoms with E-state index in [1.807, 2.05) is 33.8 Å². The number of hydrogen-bond acceptors (Lipinski definition) is 7. The predicted octanol–water partition coefficient (Wildman–Crippen LogP) is 2.47. The first-order chi connectivity index (χ1) is 12.6. The highest BCUT2D eigenvalue weighted by Gasteiger charge is 2.38. The highest BCUT2D eigenvalue weighted by molar-refractivity contribution is 6.14. The summed E-state index contributed by atoms with van der Waals surface area (Å²) in [6.45, 7) is 9.00. The molecule has 7 heteroatoms. The standard InChI is InChI=1S/C20H27N5O2/c1-12(2)27-18-8-15(16(21)9-24-18)19(22)13-5-6-23-17(7-13)25-10-14(11-25)20(3,4)26/h5-9,12,14,22,26H,10-11,21H2,1-4H3. The van der Waals surface area contributed by atoms with Gasteiger partial charge in [0.2, 0.25) is 5.88 Å². The van der Waals surface area contributed by atoms with Crippen LogP contribution in [0.3, 0.4) is 0 Å². The van der Waals surface area contributed by atoms with Gasteiger partial charge in [0.25, 0.3) is 0 Å². The number of anilines is 2. The average Bonchev–Trinajstić information content (AvgIpc) is 2.53. The Balaban J connectivity index is 1.80. The van der Waals surface area contributed by atoms with Crippen LogP contribution in [0.5, 0.6) is 5.88 Å². The molecule has 1 aliphatic heterocycles. The normalized spacial score (nSPS) is 15.0. The topological polar surface area (TPSA) is 108 Å². The van der Waals surface area contributed by atoms with Crippen molar-refractivity contribution in [3.8, 4) is 5.88 Å². The van der Waals surface area contributed by atoms with Crippen molar-refractivity contribution in [2.24, 2.45) is 5.92 Å². The summed E-state index contributed by atoms with van der Waals surface area (Å²) in [5.74, 6) is 1.46. The molecule has 0 aromatic carbocycles. The summed E-state index contributed by atoms with van der Waals surface area (Å²) in [4.78, 5) is 10.7.